The van der Waals surface area contributed by atoms with E-state index in [1.807, 2.05) is 0 Å². The first-order chi connectivity index (χ1) is 24.3. The van der Waals surface area contributed by atoms with Crippen molar-refractivity contribution in [2.45, 2.75) is 5.41 Å². The molecule has 0 amide bonds. The average molecular weight is 626 g/mol. The Labute approximate surface area is 286 Å². The smallest absolute Gasteiger partial charge is 0.132 e. The fourth-order valence-electron chi connectivity index (χ4n) is 8.18. The number of nitrogens with zero attached hydrogens (tertiary/aromatic N) is 1. The van der Waals surface area contributed by atoms with Crippen molar-refractivity contribution >= 4 is 27.8 Å². The highest BCUT2D eigenvalue weighted by Gasteiger charge is 2.51. The molecule has 230 valence electrons. The number of rotatable bonds is 4. The third kappa shape index (κ3) is 4.14. The van der Waals surface area contributed by atoms with Crippen molar-refractivity contribution in [2.75, 3.05) is 4.90 Å². The zero-order valence-electron chi connectivity index (χ0n) is 26.8. The van der Waals surface area contributed by atoms with Crippen LogP contribution in [0.15, 0.2) is 188 Å². The van der Waals surface area contributed by atoms with E-state index in [4.69, 9.17) is 4.74 Å². The van der Waals surface area contributed by atoms with Crippen LogP contribution in [0.1, 0.15) is 22.3 Å². The van der Waals surface area contributed by atoms with Crippen molar-refractivity contribution in [2.24, 2.45) is 0 Å². The summed E-state index contributed by atoms with van der Waals surface area (Å²) in [4.78, 5) is 2.37. The number of benzene rings is 8. The van der Waals surface area contributed by atoms with Crippen LogP contribution in [0, 0.1) is 0 Å². The van der Waals surface area contributed by atoms with E-state index in [1.54, 1.807) is 0 Å². The second-order valence-electron chi connectivity index (χ2n) is 12.9. The molecule has 10 rings (SSSR count). The van der Waals surface area contributed by atoms with Crippen LogP contribution in [0.2, 0.25) is 0 Å². The predicted octanol–water partition coefficient (Wildman–Crippen LogP) is 12.4. The zero-order valence-corrected chi connectivity index (χ0v) is 26.8. The standard InChI is InChI=1S/C47H31NO/c1-2-14-36(15-3-1)48(37-26-24-33(25-27-37)35-23-22-32-12-4-5-13-34(32)30-35)38-28-29-42-40(31-38)39-16-6-7-17-41(39)47(42)43-18-8-10-20-45(43)49-46-21-11-9-19-44(46)47/h1-31H. The quantitative estimate of drug-likeness (QED) is 0.193. The van der Waals surface area contributed by atoms with E-state index in [2.05, 4.69) is 193 Å². The van der Waals surface area contributed by atoms with Crippen molar-refractivity contribution in [1.82, 2.24) is 0 Å². The highest BCUT2D eigenvalue weighted by Crippen LogP contribution is 2.62. The molecule has 0 unspecified atom stereocenters. The molecule has 0 saturated heterocycles. The topological polar surface area (TPSA) is 12.5 Å². The van der Waals surface area contributed by atoms with E-state index in [0.29, 0.717) is 0 Å². The van der Waals surface area contributed by atoms with Crippen molar-refractivity contribution in [3.63, 3.8) is 0 Å². The molecule has 8 aromatic carbocycles. The van der Waals surface area contributed by atoms with Gasteiger partial charge < -0.3 is 9.64 Å². The second-order valence-corrected chi connectivity index (χ2v) is 12.9. The maximum absolute atomic E-state index is 6.53. The molecule has 8 aromatic rings. The molecule has 1 aliphatic carbocycles. The fraction of sp³-hybridized carbons (Fsp3) is 0.0213. The second kappa shape index (κ2) is 10.8. The molecule has 2 heteroatoms. The Balaban J connectivity index is 1.15. The van der Waals surface area contributed by atoms with Crippen molar-refractivity contribution in [1.29, 1.82) is 0 Å². The molecular formula is C47H31NO. The maximum atomic E-state index is 6.53. The maximum Gasteiger partial charge on any atom is 0.132 e. The van der Waals surface area contributed by atoms with Gasteiger partial charge in [-0.25, -0.2) is 0 Å². The minimum atomic E-state index is -0.477. The van der Waals surface area contributed by atoms with E-state index < -0.39 is 5.41 Å². The number of anilines is 3. The summed E-state index contributed by atoms with van der Waals surface area (Å²) in [5.41, 5.74) is 12.7. The lowest BCUT2D eigenvalue weighted by Crippen LogP contribution is -2.32. The molecule has 0 bridgehead atoms. The number of para-hydroxylation sites is 3. The molecule has 2 nitrogen and oxygen atoms in total. The van der Waals surface area contributed by atoms with Crippen LogP contribution in [0.5, 0.6) is 11.5 Å². The van der Waals surface area contributed by atoms with Crippen LogP contribution in [0.3, 0.4) is 0 Å². The average Bonchev–Trinajstić information content (AvgIpc) is 3.46. The summed E-state index contributed by atoms with van der Waals surface area (Å²) in [7, 11) is 0. The lowest BCUT2D eigenvalue weighted by molar-refractivity contribution is 0.436. The van der Waals surface area contributed by atoms with Gasteiger partial charge in [-0.05, 0) is 98.8 Å². The molecular weight excluding hydrogens is 595 g/mol. The Bertz CT molecular complexity index is 2490. The molecule has 0 aromatic heterocycles. The fourth-order valence-corrected chi connectivity index (χ4v) is 8.18. The summed E-state index contributed by atoms with van der Waals surface area (Å²) in [6.07, 6.45) is 0. The normalized spacial score (nSPS) is 13.2. The third-order valence-electron chi connectivity index (χ3n) is 10.3. The number of hydrogen-bond acceptors (Lipinski definition) is 2. The van der Waals surface area contributed by atoms with Crippen LogP contribution in [0.25, 0.3) is 33.0 Å². The SMILES string of the molecule is c1ccc(N(c2ccc(-c3ccc4ccccc4c3)cc2)c2ccc3c(c2)-c2ccccc2C32c3ccccc3Oc3ccccc32)cc1. The highest BCUT2D eigenvalue weighted by molar-refractivity contribution is 5.92. The van der Waals surface area contributed by atoms with Gasteiger partial charge in [-0.15, -0.1) is 0 Å². The van der Waals surface area contributed by atoms with E-state index in [-0.39, 0.29) is 0 Å². The predicted molar refractivity (Wildman–Crippen MR) is 201 cm³/mol. The number of fused-ring (bicyclic) bond motifs is 10. The van der Waals surface area contributed by atoms with Gasteiger partial charge in [0.05, 0.1) is 5.41 Å². The number of hydrogen-bond donors (Lipinski definition) is 0. The van der Waals surface area contributed by atoms with Crippen LogP contribution in [0.4, 0.5) is 17.1 Å². The van der Waals surface area contributed by atoms with Gasteiger partial charge in [0.2, 0.25) is 0 Å². The van der Waals surface area contributed by atoms with E-state index in [9.17, 15) is 0 Å². The van der Waals surface area contributed by atoms with Gasteiger partial charge in [-0.3, -0.25) is 0 Å². The van der Waals surface area contributed by atoms with Gasteiger partial charge in [-0.2, -0.15) is 0 Å². The van der Waals surface area contributed by atoms with Gasteiger partial charge in [0.15, 0.2) is 0 Å². The first-order valence-electron chi connectivity index (χ1n) is 16.8. The lowest BCUT2D eigenvalue weighted by atomic mass is 9.66. The summed E-state index contributed by atoms with van der Waals surface area (Å²) in [5, 5.41) is 2.51. The van der Waals surface area contributed by atoms with E-state index in [1.165, 1.54) is 55.3 Å². The lowest BCUT2D eigenvalue weighted by Gasteiger charge is -2.39. The van der Waals surface area contributed by atoms with Crippen LogP contribution < -0.4 is 9.64 Å². The molecule has 1 spiro atoms. The molecule has 0 saturated carbocycles. The first-order valence-corrected chi connectivity index (χ1v) is 16.8. The summed E-state index contributed by atoms with van der Waals surface area (Å²) >= 11 is 0. The first kappa shape index (κ1) is 27.7. The van der Waals surface area contributed by atoms with Gasteiger partial charge in [0.1, 0.15) is 11.5 Å². The van der Waals surface area contributed by atoms with E-state index in [0.717, 1.165) is 28.6 Å². The molecule has 1 aliphatic heterocycles. The monoisotopic (exact) mass is 625 g/mol. The van der Waals surface area contributed by atoms with Crippen molar-refractivity contribution < 1.29 is 4.74 Å². The van der Waals surface area contributed by atoms with Crippen molar-refractivity contribution in [3.05, 3.63) is 210 Å². The highest BCUT2D eigenvalue weighted by atomic mass is 16.5. The Kier molecular flexibility index (Phi) is 6.13. The van der Waals surface area contributed by atoms with Crippen LogP contribution in [-0.2, 0) is 5.41 Å². The summed E-state index contributed by atoms with van der Waals surface area (Å²) in [5.74, 6) is 1.82. The van der Waals surface area contributed by atoms with Crippen LogP contribution in [-0.4, -0.2) is 0 Å². The number of ether oxygens (including phenoxy) is 1. The zero-order chi connectivity index (χ0) is 32.4. The molecule has 49 heavy (non-hydrogen) atoms. The third-order valence-corrected chi connectivity index (χ3v) is 10.3. The Morgan fingerprint density at radius 1 is 0.347 bits per heavy atom. The van der Waals surface area contributed by atoms with Gasteiger partial charge in [0, 0.05) is 28.2 Å². The minimum absolute atomic E-state index is 0.477. The van der Waals surface area contributed by atoms with E-state index >= 15 is 0 Å². The minimum Gasteiger partial charge on any atom is -0.457 e. The molecule has 2 aliphatic rings. The molecule has 0 fully saturated rings. The summed E-state index contributed by atoms with van der Waals surface area (Å²) in [6, 6.07) is 67.8. The molecule has 0 N–H and O–H groups in total. The molecule has 1 heterocycles. The Morgan fingerprint density at radius 2 is 0.898 bits per heavy atom. The van der Waals surface area contributed by atoms with Gasteiger partial charge in [-0.1, -0.05) is 133 Å². The molecule has 0 atom stereocenters. The van der Waals surface area contributed by atoms with Crippen molar-refractivity contribution in [3.8, 4) is 33.8 Å². The molecule has 0 radical (unpaired) electrons. The largest absolute Gasteiger partial charge is 0.457 e. The Hall–Kier alpha value is -6.38. The van der Waals surface area contributed by atoms with Gasteiger partial charge >= 0.3 is 0 Å². The Morgan fingerprint density at radius 3 is 1.65 bits per heavy atom. The summed E-state index contributed by atoms with van der Waals surface area (Å²) in [6.45, 7) is 0. The van der Waals surface area contributed by atoms with Crippen LogP contribution >= 0.6 is 0 Å². The summed E-state index contributed by atoms with van der Waals surface area (Å²) < 4.78 is 6.53. The van der Waals surface area contributed by atoms with Gasteiger partial charge in [0.25, 0.3) is 0 Å².